The predicted octanol–water partition coefficient (Wildman–Crippen LogP) is 5.09. The van der Waals surface area contributed by atoms with Crippen LogP contribution in [0.4, 0.5) is 5.69 Å². The van der Waals surface area contributed by atoms with Gasteiger partial charge in [0.1, 0.15) is 5.75 Å². The van der Waals surface area contributed by atoms with Crippen LogP contribution in [0.25, 0.3) is 10.8 Å². The smallest absolute Gasteiger partial charge is 0.309 e. The predicted molar refractivity (Wildman–Crippen MR) is 119 cm³/mol. The Morgan fingerprint density at radius 1 is 0.900 bits per heavy atom. The first-order valence-corrected chi connectivity index (χ1v) is 9.99. The third-order valence-electron chi connectivity index (χ3n) is 4.69. The van der Waals surface area contributed by atoms with Crippen molar-refractivity contribution < 1.29 is 19.1 Å². The summed E-state index contributed by atoms with van der Waals surface area (Å²) in [7, 11) is 0. The molecule has 1 N–H and O–H groups in total. The van der Waals surface area contributed by atoms with E-state index in [4.69, 9.17) is 9.47 Å². The molecule has 0 saturated carbocycles. The lowest BCUT2D eigenvalue weighted by Crippen LogP contribution is -2.21. The van der Waals surface area contributed by atoms with Crippen molar-refractivity contribution >= 4 is 28.3 Å². The summed E-state index contributed by atoms with van der Waals surface area (Å²) in [4.78, 5) is 23.9. The van der Waals surface area contributed by atoms with Crippen LogP contribution in [-0.2, 0) is 19.7 Å². The number of amides is 1. The highest BCUT2D eigenvalue weighted by atomic mass is 16.5. The summed E-state index contributed by atoms with van der Waals surface area (Å²) in [5.41, 5.74) is 1.96. The minimum atomic E-state index is -0.477. The third-order valence-corrected chi connectivity index (χ3v) is 4.69. The number of rotatable bonds is 7. The van der Waals surface area contributed by atoms with Gasteiger partial charge in [-0.15, -0.1) is 0 Å². The van der Waals surface area contributed by atoms with Crippen molar-refractivity contribution in [3.05, 3.63) is 72.3 Å². The second kappa shape index (κ2) is 9.44. The van der Waals surface area contributed by atoms with Crippen LogP contribution < -0.4 is 10.1 Å². The molecule has 0 heterocycles. The van der Waals surface area contributed by atoms with E-state index in [1.807, 2.05) is 66.7 Å². The Morgan fingerprint density at radius 2 is 1.60 bits per heavy atom. The molecule has 5 nitrogen and oxygen atoms in total. The normalized spacial score (nSPS) is 11.2. The molecule has 1 amide bonds. The molecule has 0 radical (unpaired) electrons. The fourth-order valence-electron chi connectivity index (χ4n) is 2.99. The van der Waals surface area contributed by atoms with E-state index in [1.54, 1.807) is 0 Å². The SMILES string of the molecule is CC(C)(C)c1ccc(OCCC(=O)OCC(=O)Nc2ccc3ccccc3c2)cc1. The van der Waals surface area contributed by atoms with Gasteiger partial charge in [-0.1, -0.05) is 63.2 Å². The van der Waals surface area contributed by atoms with Gasteiger partial charge in [-0.2, -0.15) is 0 Å². The van der Waals surface area contributed by atoms with E-state index >= 15 is 0 Å². The highest BCUT2D eigenvalue weighted by molar-refractivity contribution is 5.95. The van der Waals surface area contributed by atoms with Crippen LogP contribution in [0.2, 0.25) is 0 Å². The van der Waals surface area contributed by atoms with Crippen LogP contribution in [0.1, 0.15) is 32.8 Å². The van der Waals surface area contributed by atoms with E-state index in [-0.39, 0.29) is 31.0 Å². The van der Waals surface area contributed by atoms with E-state index in [0.717, 1.165) is 10.8 Å². The standard InChI is InChI=1S/C25H27NO4/c1-25(2,3)20-9-12-22(13-10-20)29-15-14-24(28)30-17-23(27)26-21-11-8-18-6-4-5-7-19(18)16-21/h4-13,16H,14-15,17H2,1-3H3,(H,26,27). The van der Waals surface area contributed by atoms with Gasteiger partial charge in [0.15, 0.2) is 6.61 Å². The van der Waals surface area contributed by atoms with Crippen molar-refractivity contribution in [3.8, 4) is 5.75 Å². The molecule has 0 bridgehead atoms. The minimum absolute atomic E-state index is 0.0737. The lowest BCUT2D eigenvalue weighted by Gasteiger charge is -2.19. The Kier molecular flexibility index (Phi) is 6.72. The van der Waals surface area contributed by atoms with Gasteiger partial charge in [0.2, 0.25) is 0 Å². The van der Waals surface area contributed by atoms with Crippen LogP contribution in [-0.4, -0.2) is 25.1 Å². The van der Waals surface area contributed by atoms with Gasteiger partial charge in [0.25, 0.3) is 5.91 Å². The monoisotopic (exact) mass is 405 g/mol. The van der Waals surface area contributed by atoms with Crippen molar-refractivity contribution in [2.75, 3.05) is 18.5 Å². The van der Waals surface area contributed by atoms with Crippen molar-refractivity contribution in [1.29, 1.82) is 0 Å². The quantitative estimate of drug-likeness (QED) is 0.556. The van der Waals surface area contributed by atoms with Gasteiger partial charge in [0.05, 0.1) is 13.0 Å². The summed E-state index contributed by atoms with van der Waals surface area (Å²) in [6.45, 7) is 6.31. The van der Waals surface area contributed by atoms with Crippen LogP contribution in [0, 0.1) is 0 Å². The average Bonchev–Trinajstić information content (AvgIpc) is 2.72. The molecule has 3 rings (SSSR count). The number of hydrogen-bond donors (Lipinski definition) is 1. The zero-order chi connectivity index (χ0) is 21.6. The zero-order valence-corrected chi connectivity index (χ0v) is 17.6. The summed E-state index contributed by atoms with van der Waals surface area (Å²) in [5.74, 6) is -0.155. The number of hydrogen-bond acceptors (Lipinski definition) is 4. The maximum absolute atomic E-state index is 12.0. The molecule has 0 aliphatic rings. The Hall–Kier alpha value is -3.34. The number of benzene rings is 3. The van der Waals surface area contributed by atoms with E-state index < -0.39 is 5.97 Å². The van der Waals surface area contributed by atoms with Crippen LogP contribution in [0.15, 0.2) is 66.7 Å². The molecule has 0 spiro atoms. The summed E-state index contributed by atoms with van der Waals surface area (Å²) in [6.07, 6.45) is 0.0737. The molecule has 0 aliphatic carbocycles. The lowest BCUT2D eigenvalue weighted by atomic mass is 9.87. The summed E-state index contributed by atoms with van der Waals surface area (Å²) >= 11 is 0. The first-order valence-electron chi connectivity index (χ1n) is 9.99. The van der Waals surface area contributed by atoms with Gasteiger partial charge in [-0.05, 0) is 46.0 Å². The van der Waals surface area contributed by atoms with Crippen molar-refractivity contribution in [2.24, 2.45) is 0 Å². The molecule has 5 heteroatoms. The number of anilines is 1. The van der Waals surface area contributed by atoms with Crippen molar-refractivity contribution in [2.45, 2.75) is 32.6 Å². The number of nitrogens with one attached hydrogen (secondary N) is 1. The first kappa shape index (κ1) is 21.4. The van der Waals surface area contributed by atoms with Crippen LogP contribution in [0.3, 0.4) is 0 Å². The topological polar surface area (TPSA) is 64.6 Å². The van der Waals surface area contributed by atoms with Crippen LogP contribution in [0.5, 0.6) is 5.75 Å². The molecule has 30 heavy (non-hydrogen) atoms. The summed E-state index contributed by atoms with van der Waals surface area (Å²) < 4.78 is 10.6. The Morgan fingerprint density at radius 3 is 2.30 bits per heavy atom. The largest absolute Gasteiger partial charge is 0.493 e. The molecular weight excluding hydrogens is 378 g/mol. The Balaban J connectivity index is 1.39. The molecule has 3 aromatic carbocycles. The fraction of sp³-hybridized carbons (Fsp3) is 0.280. The van der Waals surface area contributed by atoms with Gasteiger partial charge < -0.3 is 14.8 Å². The molecule has 3 aromatic rings. The van der Waals surface area contributed by atoms with Crippen molar-refractivity contribution in [3.63, 3.8) is 0 Å². The second-order valence-corrected chi connectivity index (χ2v) is 8.14. The van der Waals surface area contributed by atoms with Gasteiger partial charge in [-0.3, -0.25) is 9.59 Å². The maximum atomic E-state index is 12.0. The molecular formula is C25H27NO4. The number of esters is 1. The van der Waals surface area contributed by atoms with E-state index in [1.165, 1.54) is 5.56 Å². The van der Waals surface area contributed by atoms with Gasteiger partial charge in [0, 0.05) is 5.69 Å². The molecule has 0 saturated heterocycles. The molecule has 0 fully saturated rings. The molecule has 0 aromatic heterocycles. The molecule has 0 aliphatic heterocycles. The fourth-order valence-corrected chi connectivity index (χ4v) is 2.99. The summed E-state index contributed by atoms with van der Waals surface area (Å²) in [6, 6.07) is 21.3. The Bertz CT molecular complexity index is 1020. The second-order valence-electron chi connectivity index (χ2n) is 8.14. The van der Waals surface area contributed by atoms with Gasteiger partial charge >= 0.3 is 5.97 Å². The van der Waals surface area contributed by atoms with Crippen LogP contribution >= 0.6 is 0 Å². The molecule has 0 unspecified atom stereocenters. The highest BCUT2D eigenvalue weighted by Crippen LogP contribution is 2.24. The first-order chi connectivity index (χ1) is 14.3. The number of carbonyl (C=O) groups excluding carboxylic acids is 2. The number of carbonyl (C=O) groups is 2. The minimum Gasteiger partial charge on any atom is -0.493 e. The number of fused-ring (bicyclic) bond motifs is 1. The summed E-state index contributed by atoms with van der Waals surface area (Å²) in [5, 5.41) is 4.86. The van der Waals surface area contributed by atoms with Crippen molar-refractivity contribution in [1.82, 2.24) is 0 Å². The maximum Gasteiger partial charge on any atom is 0.309 e. The van der Waals surface area contributed by atoms with E-state index in [2.05, 4.69) is 26.1 Å². The van der Waals surface area contributed by atoms with E-state index in [0.29, 0.717) is 11.4 Å². The van der Waals surface area contributed by atoms with Gasteiger partial charge in [-0.25, -0.2) is 0 Å². The van der Waals surface area contributed by atoms with E-state index in [9.17, 15) is 9.59 Å². The highest BCUT2D eigenvalue weighted by Gasteiger charge is 2.13. The lowest BCUT2D eigenvalue weighted by molar-refractivity contribution is -0.147. The zero-order valence-electron chi connectivity index (χ0n) is 17.6. The third kappa shape index (κ3) is 6.08. The Labute approximate surface area is 177 Å². The number of ether oxygens (including phenoxy) is 2. The average molecular weight is 405 g/mol. The molecule has 0 atom stereocenters. The molecule has 156 valence electrons.